The number of para-hydroxylation sites is 1. The van der Waals surface area contributed by atoms with Crippen LogP contribution in [0, 0.1) is 0 Å². The van der Waals surface area contributed by atoms with E-state index in [2.05, 4.69) is 32.8 Å². The second-order valence-electron chi connectivity index (χ2n) is 10.8. The molecule has 1 N–H and O–H groups in total. The number of aryl methyl sites for hydroxylation is 1. The van der Waals surface area contributed by atoms with Crippen molar-refractivity contribution in [1.29, 1.82) is 0 Å². The van der Waals surface area contributed by atoms with Crippen molar-refractivity contribution < 1.29 is 0 Å². The van der Waals surface area contributed by atoms with Gasteiger partial charge in [0.1, 0.15) is 5.82 Å². The van der Waals surface area contributed by atoms with Gasteiger partial charge in [0.2, 0.25) is 5.82 Å². The van der Waals surface area contributed by atoms with Crippen molar-refractivity contribution in [3.8, 4) is 28.2 Å². The molecule has 0 amide bonds. The molecule has 10 nitrogen and oxygen atoms in total. The molecule has 0 aliphatic heterocycles. The topological polar surface area (TPSA) is 116 Å². The zero-order valence-corrected chi connectivity index (χ0v) is 24.8. The van der Waals surface area contributed by atoms with Gasteiger partial charge in [0.05, 0.1) is 11.7 Å². The summed E-state index contributed by atoms with van der Waals surface area (Å²) in [6.07, 6.45) is 0.585. The summed E-state index contributed by atoms with van der Waals surface area (Å²) >= 11 is 0. The van der Waals surface area contributed by atoms with Crippen LogP contribution in [-0.2, 0) is 13.0 Å². The van der Waals surface area contributed by atoms with Gasteiger partial charge in [-0.2, -0.15) is 5.21 Å². The van der Waals surface area contributed by atoms with Crippen LogP contribution in [0.3, 0.4) is 0 Å². The maximum absolute atomic E-state index is 14.3. The van der Waals surface area contributed by atoms with Gasteiger partial charge in [-0.3, -0.25) is 9.36 Å². The Kier molecular flexibility index (Phi) is 7.22. The second-order valence-corrected chi connectivity index (χ2v) is 10.8. The Morgan fingerprint density at radius 1 is 0.800 bits per heavy atom. The average molecular weight is 595 g/mol. The van der Waals surface area contributed by atoms with E-state index in [4.69, 9.17) is 4.98 Å². The molecule has 1 unspecified atom stereocenters. The first kappa shape index (κ1) is 27.9. The standard InChI is InChI=1S/C35H30N8O2/c1-3-30-36-33-31(34(44)42(23(2)25-12-6-4-7-13-25)35(45)43(33)27-14-8-5-9-15-27)41(30)22-24-18-20-26(21-19-24)28-16-10-11-17-29(28)32-37-39-40-38-32/h4-21,23H,3,22H2,1-2H3,(H,37,38,39,40). The van der Waals surface area contributed by atoms with Crippen LogP contribution in [0.15, 0.2) is 119 Å². The normalized spacial score (nSPS) is 12.0. The number of nitrogens with one attached hydrogen (secondary N) is 1. The molecule has 0 aliphatic carbocycles. The molecule has 0 radical (unpaired) electrons. The molecular weight excluding hydrogens is 564 g/mol. The summed E-state index contributed by atoms with van der Waals surface area (Å²) in [5.74, 6) is 1.25. The highest BCUT2D eigenvalue weighted by Gasteiger charge is 2.25. The lowest BCUT2D eigenvalue weighted by atomic mass is 9.98. The molecule has 0 aliphatic rings. The Bertz CT molecular complexity index is 2220. The lowest BCUT2D eigenvalue weighted by Crippen LogP contribution is -2.42. The Balaban J connectivity index is 1.37. The van der Waals surface area contributed by atoms with E-state index in [1.807, 2.05) is 115 Å². The van der Waals surface area contributed by atoms with Crippen molar-refractivity contribution in [2.24, 2.45) is 0 Å². The van der Waals surface area contributed by atoms with E-state index in [0.29, 0.717) is 35.6 Å². The summed E-state index contributed by atoms with van der Waals surface area (Å²) in [4.78, 5) is 33.4. The highest BCUT2D eigenvalue weighted by Crippen LogP contribution is 2.30. The smallest absolute Gasteiger partial charge is 0.318 e. The predicted octanol–water partition coefficient (Wildman–Crippen LogP) is 5.42. The number of hydrogen-bond donors (Lipinski definition) is 1. The molecular formula is C35H30N8O2. The maximum atomic E-state index is 14.3. The minimum atomic E-state index is -0.488. The summed E-state index contributed by atoms with van der Waals surface area (Å²) < 4.78 is 4.86. The molecule has 0 bridgehead atoms. The number of rotatable bonds is 8. The first-order chi connectivity index (χ1) is 22.0. The molecule has 0 saturated carbocycles. The molecule has 0 fully saturated rings. The lowest BCUT2D eigenvalue weighted by molar-refractivity contribution is 0.569. The fourth-order valence-corrected chi connectivity index (χ4v) is 5.90. The zero-order valence-electron chi connectivity index (χ0n) is 24.8. The molecule has 45 heavy (non-hydrogen) atoms. The monoisotopic (exact) mass is 594 g/mol. The highest BCUT2D eigenvalue weighted by atomic mass is 16.2. The fourth-order valence-electron chi connectivity index (χ4n) is 5.90. The van der Waals surface area contributed by atoms with E-state index in [0.717, 1.165) is 33.6 Å². The second kappa shape index (κ2) is 11.6. The van der Waals surface area contributed by atoms with Crippen molar-refractivity contribution in [3.63, 3.8) is 0 Å². The Morgan fingerprint density at radius 2 is 1.47 bits per heavy atom. The Morgan fingerprint density at radius 3 is 2.13 bits per heavy atom. The van der Waals surface area contributed by atoms with Gasteiger partial charge in [0, 0.05) is 18.5 Å². The fraction of sp³-hybridized carbons (Fsp3) is 0.143. The minimum Gasteiger partial charge on any atom is -0.318 e. The van der Waals surface area contributed by atoms with Crippen LogP contribution in [0.25, 0.3) is 39.4 Å². The molecule has 7 rings (SSSR count). The van der Waals surface area contributed by atoms with Crippen molar-refractivity contribution in [1.82, 2.24) is 39.3 Å². The van der Waals surface area contributed by atoms with Crippen LogP contribution in [-0.4, -0.2) is 39.3 Å². The first-order valence-corrected chi connectivity index (χ1v) is 14.8. The molecule has 10 heteroatoms. The molecule has 1 atom stereocenters. The minimum absolute atomic E-state index is 0.357. The molecule has 7 aromatic rings. The van der Waals surface area contributed by atoms with E-state index in [1.165, 1.54) is 4.57 Å². The number of aromatic nitrogens is 8. The Hall–Kier alpha value is -5.90. The van der Waals surface area contributed by atoms with Gasteiger partial charge in [-0.1, -0.05) is 104 Å². The number of nitrogens with zero attached hydrogens (tertiary/aromatic N) is 7. The number of fused-ring (bicyclic) bond motifs is 1. The highest BCUT2D eigenvalue weighted by molar-refractivity contribution is 5.80. The number of benzene rings is 4. The van der Waals surface area contributed by atoms with Crippen LogP contribution in [0.4, 0.5) is 0 Å². The van der Waals surface area contributed by atoms with Crippen LogP contribution in [0.1, 0.15) is 36.8 Å². The van der Waals surface area contributed by atoms with Gasteiger partial charge in [0.15, 0.2) is 11.2 Å². The Labute approximate surface area is 258 Å². The predicted molar refractivity (Wildman–Crippen MR) is 173 cm³/mol. The third-order valence-electron chi connectivity index (χ3n) is 8.18. The zero-order chi connectivity index (χ0) is 30.9. The van der Waals surface area contributed by atoms with Crippen molar-refractivity contribution in [3.05, 3.63) is 147 Å². The van der Waals surface area contributed by atoms with Crippen LogP contribution >= 0.6 is 0 Å². The first-order valence-electron chi connectivity index (χ1n) is 14.8. The molecule has 222 valence electrons. The molecule has 4 aromatic carbocycles. The third kappa shape index (κ3) is 4.96. The number of imidazole rings is 1. The summed E-state index contributed by atoms with van der Waals surface area (Å²) in [5, 5.41) is 14.5. The van der Waals surface area contributed by atoms with E-state index in [1.54, 1.807) is 4.57 Å². The van der Waals surface area contributed by atoms with E-state index < -0.39 is 11.7 Å². The number of aromatic amines is 1. The number of H-pyrrole nitrogens is 1. The maximum Gasteiger partial charge on any atom is 0.337 e. The largest absolute Gasteiger partial charge is 0.337 e. The average Bonchev–Trinajstić information content (AvgIpc) is 3.75. The quantitative estimate of drug-likeness (QED) is 0.251. The van der Waals surface area contributed by atoms with Crippen LogP contribution < -0.4 is 11.2 Å². The van der Waals surface area contributed by atoms with Crippen molar-refractivity contribution in [2.45, 2.75) is 32.9 Å². The van der Waals surface area contributed by atoms with Crippen molar-refractivity contribution >= 4 is 11.2 Å². The summed E-state index contributed by atoms with van der Waals surface area (Å²) in [6.45, 7) is 4.30. The van der Waals surface area contributed by atoms with Crippen molar-refractivity contribution in [2.75, 3.05) is 0 Å². The summed E-state index contributed by atoms with van der Waals surface area (Å²) in [7, 11) is 0. The molecule has 0 spiro atoms. The van der Waals surface area contributed by atoms with Gasteiger partial charge < -0.3 is 4.57 Å². The SMILES string of the molecule is CCc1nc2c(c(=O)n(C(C)c3ccccc3)c(=O)n2-c2ccccc2)n1Cc1ccc(-c2ccccc2-c2nn[nH]n2)cc1. The summed E-state index contributed by atoms with van der Waals surface area (Å²) in [6, 6.07) is 34.6. The van der Waals surface area contributed by atoms with Crippen LogP contribution in [0.2, 0.25) is 0 Å². The molecule has 0 saturated heterocycles. The van der Waals surface area contributed by atoms with E-state index in [-0.39, 0.29) is 5.56 Å². The summed E-state index contributed by atoms with van der Waals surface area (Å²) in [5.41, 5.74) is 5.33. The van der Waals surface area contributed by atoms with Crippen LogP contribution in [0.5, 0.6) is 0 Å². The third-order valence-corrected chi connectivity index (χ3v) is 8.18. The van der Waals surface area contributed by atoms with Gasteiger partial charge in [-0.05, 0) is 46.5 Å². The van der Waals surface area contributed by atoms with Gasteiger partial charge in [0.25, 0.3) is 5.56 Å². The molecule has 3 aromatic heterocycles. The molecule has 3 heterocycles. The number of tetrazole rings is 1. The van der Waals surface area contributed by atoms with Gasteiger partial charge >= 0.3 is 5.69 Å². The van der Waals surface area contributed by atoms with Gasteiger partial charge in [-0.15, -0.1) is 10.2 Å². The lowest BCUT2D eigenvalue weighted by Gasteiger charge is -2.18. The van der Waals surface area contributed by atoms with E-state index >= 15 is 0 Å². The van der Waals surface area contributed by atoms with E-state index in [9.17, 15) is 9.59 Å². The van der Waals surface area contributed by atoms with Gasteiger partial charge in [-0.25, -0.2) is 14.3 Å². The number of hydrogen-bond acceptors (Lipinski definition) is 6.